The van der Waals surface area contributed by atoms with Gasteiger partial charge >= 0.3 is 29.8 Å². The fraction of sp³-hybridized carbons (Fsp3) is 0.688. The van der Waals surface area contributed by atoms with Crippen LogP contribution in [-0.2, 0) is 47.7 Å². The minimum atomic E-state index is -1.38. The van der Waals surface area contributed by atoms with Crippen molar-refractivity contribution in [2.24, 2.45) is 0 Å². The number of halogens is 1. The van der Waals surface area contributed by atoms with Crippen LogP contribution in [0.4, 0.5) is 0 Å². The Morgan fingerprint density at radius 3 is 1.33 bits per heavy atom. The molecule has 10 nitrogen and oxygen atoms in total. The summed E-state index contributed by atoms with van der Waals surface area (Å²) in [7, 11) is 0. The number of alkyl halides is 1. The van der Waals surface area contributed by atoms with Gasteiger partial charge < -0.3 is 23.7 Å². The highest BCUT2D eigenvalue weighted by Crippen LogP contribution is 2.21. The molecule has 0 bridgehead atoms. The van der Waals surface area contributed by atoms with E-state index >= 15 is 0 Å². The van der Waals surface area contributed by atoms with Gasteiger partial charge in [0.05, 0.1) is 0 Å². The topological polar surface area (TPSA) is 132 Å². The summed E-state index contributed by atoms with van der Waals surface area (Å²) in [5.74, 6) is -3.58. The number of carbonyl (C=O) groups excluding carboxylic acids is 5. The maximum atomic E-state index is 11.6. The average Bonchev–Trinajstić information content (AvgIpc) is 2.51. The number of esters is 5. The van der Waals surface area contributed by atoms with E-state index in [2.05, 4.69) is 0 Å². The van der Waals surface area contributed by atoms with Gasteiger partial charge in [-0.3, -0.25) is 24.0 Å². The third kappa shape index (κ3) is 10.7. The van der Waals surface area contributed by atoms with Crippen molar-refractivity contribution in [2.75, 3.05) is 11.0 Å². The van der Waals surface area contributed by atoms with Crippen LogP contribution in [0.3, 0.4) is 0 Å². The van der Waals surface area contributed by atoms with Crippen LogP contribution in [0.2, 0.25) is 0 Å². The molecule has 0 aromatic rings. The van der Waals surface area contributed by atoms with E-state index in [0.29, 0.717) is 0 Å². The summed E-state index contributed by atoms with van der Waals surface area (Å²) >= 11 is 1.89. The third-order valence-electron chi connectivity index (χ3n) is 2.90. The first-order valence-corrected chi connectivity index (χ1v) is 9.38. The lowest BCUT2D eigenvalue weighted by atomic mass is 10.0. The van der Waals surface area contributed by atoms with Gasteiger partial charge in [0, 0.05) is 39.0 Å². The molecule has 0 amide bonds. The van der Waals surface area contributed by atoms with Gasteiger partial charge in [0.15, 0.2) is 24.4 Å². The summed E-state index contributed by atoms with van der Waals surface area (Å²) in [5.41, 5.74) is 0. The zero-order chi connectivity index (χ0) is 21.1. The zero-order valence-corrected chi connectivity index (χ0v) is 17.8. The van der Waals surface area contributed by atoms with Gasteiger partial charge in [-0.25, -0.2) is 0 Å². The van der Waals surface area contributed by atoms with Crippen LogP contribution >= 0.6 is 22.6 Å². The summed E-state index contributed by atoms with van der Waals surface area (Å²) in [6, 6.07) is 0. The van der Waals surface area contributed by atoms with E-state index in [-0.39, 0.29) is 4.43 Å². The van der Waals surface area contributed by atoms with E-state index in [1.807, 2.05) is 22.6 Å². The smallest absolute Gasteiger partial charge is 0.303 e. The second-order valence-corrected chi connectivity index (χ2v) is 6.28. The minimum absolute atomic E-state index is 0.174. The van der Waals surface area contributed by atoms with Crippen LogP contribution in [-0.4, -0.2) is 65.3 Å². The van der Waals surface area contributed by atoms with Crippen LogP contribution in [0.15, 0.2) is 0 Å². The molecule has 11 heteroatoms. The van der Waals surface area contributed by atoms with Crippen LogP contribution in [0, 0.1) is 0 Å². The fourth-order valence-corrected chi connectivity index (χ4v) is 2.78. The SMILES string of the molecule is CC(=O)OC[C@H](OC(C)=O)[C@@H](OC(C)=O)[C@H](OC(C)=O)[C@@H](CI)OC(C)=O. The number of carbonyl (C=O) groups is 5. The Morgan fingerprint density at radius 2 is 1.00 bits per heavy atom. The maximum Gasteiger partial charge on any atom is 0.303 e. The zero-order valence-electron chi connectivity index (χ0n) is 15.7. The summed E-state index contributed by atoms with van der Waals surface area (Å²) in [6.45, 7) is 5.16. The molecular formula is C16H23IO10. The largest absolute Gasteiger partial charge is 0.462 e. The Bertz CT molecular complexity index is 561. The number of hydrogen-bond acceptors (Lipinski definition) is 10. The van der Waals surface area contributed by atoms with E-state index in [4.69, 9.17) is 23.7 Å². The van der Waals surface area contributed by atoms with Crippen molar-refractivity contribution in [3.8, 4) is 0 Å². The molecule has 0 aliphatic heterocycles. The molecule has 154 valence electrons. The van der Waals surface area contributed by atoms with E-state index < -0.39 is 60.9 Å². The molecule has 0 N–H and O–H groups in total. The molecule has 0 saturated heterocycles. The predicted molar refractivity (Wildman–Crippen MR) is 97.7 cm³/mol. The second-order valence-electron chi connectivity index (χ2n) is 5.40. The number of rotatable bonds is 10. The van der Waals surface area contributed by atoms with Crippen molar-refractivity contribution < 1.29 is 47.7 Å². The van der Waals surface area contributed by atoms with Crippen molar-refractivity contribution in [2.45, 2.75) is 59.0 Å². The Labute approximate surface area is 170 Å². The molecule has 0 aromatic heterocycles. The average molecular weight is 502 g/mol. The second kappa shape index (κ2) is 12.5. The molecule has 0 heterocycles. The summed E-state index contributed by atoms with van der Waals surface area (Å²) in [4.78, 5) is 57.1. The Hall–Kier alpha value is -1.92. The van der Waals surface area contributed by atoms with Gasteiger partial charge in [-0.2, -0.15) is 0 Å². The molecule has 4 atom stereocenters. The van der Waals surface area contributed by atoms with Gasteiger partial charge in [-0.15, -0.1) is 0 Å². The van der Waals surface area contributed by atoms with Crippen LogP contribution < -0.4 is 0 Å². The van der Waals surface area contributed by atoms with Crippen molar-refractivity contribution >= 4 is 52.4 Å². The van der Waals surface area contributed by atoms with Crippen LogP contribution in [0.1, 0.15) is 34.6 Å². The van der Waals surface area contributed by atoms with Gasteiger partial charge in [-0.05, 0) is 0 Å². The standard InChI is InChI=1S/C16H23IO10/c1-8(18)23-7-14(25-10(3)20)16(27-12(5)22)15(26-11(4)21)13(6-17)24-9(2)19/h13-16H,6-7H2,1-5H3/t13-,14+,15-,16-/m1/s1. The molecule has 0 radical (unpaired) electrons. The van der Waals surface area contributed by atoms with E-state index in [9.17, 15) is 24.0 Å². The van der Waals surface area contributed by atoms with E-state index in [1.54, 1.807) is 0 Å². The summed E-state index contributed by atoms with van der Waals surface area (Å²) in [6.07, 6.45) is -4.98. The molecule has 0 unspecified atom stereocenters. The minimum Gasteiger partial charge on any atom is -0.462 e. The Balaban J connectivity index is 5.96. The molecular weight excluding hydrogens is 479 g/mol. The fourth-order valence-electron chi connectivity index (χ4n) is 2.10. The van der Waals surface area contributed by atoms with Gasteiger partial charge in [-0.1, -0.05) is 22.6 Å². The molecule has 0 aliphatic carbocycles. The molecule has 0 saturated carbocycles. The van der Waals surface area contributed by atoms with E-state index in [0.717, 1.165) is 34.6 Å². The first-order chi connectivity index (χ1) is 12.5. The highest BCUT2D eigenvalue weighted by Gasteiger charge is 2.43. The highest BCUT2D eigenvalue weighted by atomic mass is 127. The van der Waals surface area contributed by atoms with Gasteiger partial charge in [0.1, 0.15) is 6.61 Å². The molecule has 0 aromatic carbocycles. The summed E-state index contributed by atoms with van der Waals surface area (Å²) in [5, 5.41) is 0. The Kier molecular flexibility index (Phi) is 11.6. The van der Waals surface area contributed by atoms with Gasteiger partial charge in [0.25, 0.3) is 0 Å². The summed E-state index contributed by atoms with van der Waals surface area (Å²) < 4.78 is 25.7. The monoisotopic (exact) mass is 502 g/mol. The van der Waals surface area contributed by atoms with Crippen molar-refractivity contribution in [3.63, 3.8) is 0 Å². The molecule has 0 aliphatic rings. The molecule has 0 rings (SSSR count). The lowest BCUT2D eigenvalue weighted by Gasteiger charge is -2.34. The van der Waals surface area contributed by atoms with Crippen LogP contribution in [0.25, 0.3) is 0 Å². The van der Waals surface area contributed by atoms with Crippen molar-refractivity contribution in [1.29, 1.82) is 0 Å². The van der Waals surface area contributed by atoms with E-state index in [1.165, 1.54) is 0 Å². The Morgan fingerprint density at radius 1 is 0.630 bits per heavy atom. The quantitative estimate of drug-likeness (QED) is 0.182. The lowest BCUT2D eigenvalue weighted by molar-refractivity contribution is -0.200. The third-order valence-corrected chi connectivity index (χ3v) is 3.77. The number of hydrogen-bond donors (Lipinski definition) is 0. The lowest BCUT2D eigenvalue weighted by Crippen LogP contribution is -2.53. The van der Waals surface area contributed by atoms with Crippen molar-refractivity contribution in [3.05, 3.63) is 0 Å². The molecule has 0 spiro atoms. The molecule has 0 fully saturated rings. The highest BCUT2D eigenvalue weighted by molar-refractivity contribution is 14.1. The molecule has 27 heavy (non-hydrogen) atoms. The first kappa shape index (κ1) is 25.1. The maximum absolute atomic E-state index is 11.6. The van der Waals surface area contributed by atoms with Crippen LogP contribution in [0.5, 0.6) is 0 Å². The predicted octanol–water partition coefficient (Wildman–Crippen LogP) is 0.711. The normalized spacial score (nSPS) is 14.7. The van der Waals surface area contributed by atoms with Gasteiger partial charge in [0.2, 0.25) is 0 Å². The number of ether oxygens (including phenoxy) is 5. The van der Waals surface area contributed by atoms with Crippen molar-refractivity contribution in [1.82, 2.24) is 0 Å². The first-order valence-electron chi connectivity index (χ1n) is 7.86.